The highest BCUT2D eigenvalue weighted by Gasteiger charge is 2.29. The van der Waals surface area contributed by atoms with Gasteiger partial charge in [-0.15, -0.1) is 11.3 Å². The van der Waals surface area contributed by atoms with Crippen LogP contribution in [-0.4, -0.2) is 36.0 Å². The van der Waals surface area contributed by atoms with Gasteiger partial charge in [-0.3, -0.25) is 4.79 Å². The van der Waals surface area contributed by atoms with Gasteiger partial charge in [0.05, 0.1) is 9.90 Å². The maximum atomic E-state index is 12.4. The van der Waals surface area contributed by atoms with Crippen molar-refractivity contribution in [2.24, 2.45) is 0 Å². The Morgan fingerprint density at radius 3 is 2.82 bits per heavy atom. The molecule has 1 N–H and O–H groups in total. The number of carbonyl (C=O) groups is 1. The number of rotatable bonds is 1. The summed E-state index contributed by atoms with van der Waals surface area (Å²) in [6.07, 6.45) is 0. The first-order valence-corrected chi connectivity index (χ1v) is 7.05. The van der Waals surface area contributed by atoms with Crippen LogP contribution in [0.15, 0.2) is 6.07 Å². The highest BCUT2D eigenvalue weighted by Crippen LogP contribution is 2.32. The maximum Gasteiger partial charge on any atom is 0.256 e. The molecule has 1 aromatic heterocycles. The molecule has 0 aliphatic carbocycles. The van der Waals surface area contributed by atoms with E-state index in [1.165, 1.54) is 11.3 Å². The molecule has 6 heteroatoms. The SMILES string of the molecule is CC1CN(C(=O)c2cc(Cl)sc2Cl)C(C)CN1. The Balaban J connectivity index is 2.21. The molecule has 2 heterocycles. The predicted octanol–water partition coefficient (Wildman–Crippen LogP) is 2.88. The Labute approximate surface area is 115 Å². The van der Waals surface area contributed by atoms with E-state index < -0.39 is 0 Å². The van der Waals surface area contributed by atoms with E-state index in [-0.39, 0.29) is 11.9 Å². The number of hydrogen-bond donors (Lipinski definition) is 1. The second-order valence-corrected chi connectivity index (χ2v) is 6.64. The first-order valence-electron chi connectivity index (χ1n) is 5.48. The van der Waals surface area contributed by atoms with Crippen molar-refractivity contribution in [1.82, 2.24) is 10.2 Å². The standard InChI is InChI=1S/C11H14Cl2N2OS/c1-6-5-15(7(2)4-14-6)11(16)8-3-9(12)17-10(8)13/h3,6-7,14H,4-5H2,1-2H3. The van der Waals surface area contributed by atoms with Crippen LogP contribution in [0.3, 0.4) is 0 Å². The highest BCUT2D eigenvalue weighted by molar-refractivity contribution is 7.20. The van der Waals surface area contributed by atoms with E-state index in [9.17, 15) is 4.79 Å². The van der Waals surface area contributed by atoms with Crippen molar-refractivity contribution in [2.75, 3.05) is 13.1 Å². The monoisotopic (exact) mass is 292 g/mol. The number of amides is 1. The molecule has 0 bridgehead atoms. The van der Waals surface area contributed by atoms with Crippen molar-refractivity contribution in [1.29, 1.82) is 0 Å². The van der Waals surface area contributed by atoms with Crippen molar-refractivity contribution in [3.05, 3.63) is 20.3 Å². The van der Waals surface area contributed by atoms with Crippen LogP contribution in [0.25, 0.3) is 0 Å². The molecule has 2 rings (SSSR count). The molecule has 0 radical (unpaired) electrons. The van der Waals surface area contributed by atoms with Gasteiger partial charge in [-0.1, -0.05) is 23.2 Å². The fourth-order valence-corrected chi connectivity index (χ4v) is 3.39. The van der Waals surface area contributed by atoms with Crippen molar-refractivity contribution in [2.45, 2.75) is 25.9 Å². The third-order valence-electron chi connectivity index (χ3n) is 2.91. The first kappa shape index (κ1) is 13.1. The molecule has 3 nitrogen and oxygen atoms in total. The van der Waals surface area contributed by atoms with E-state index in [2.05, 4.69) is 12.2 Å². The number of piperazine rings is 1. The summed E-state index contributed by atoms with van der Waals surface area (Å²) in [7, 11) is 0. The number of nitrogens with one attached hydrogen (secondary N) is 1. The van der Waals surface area contributed by atoms with Gasteiger partial charge < -0.3 is 10.2 Å². The molecule has 1 saturated heterocycles. The molecule has 2 atom stereocenters. The van der Waals surface area contributed by atoms with Crippen LogP contribution in [0.5, 0.6) is 0 Å². The zero-order valence-electron chi connectivity index (χ0n) is 9.67. The maximum absolute atomic E-state index is 12.4. The third-order valence-corrected chi connectivity index (χ3v) is 4.40. The first-order chi connectivity index (χ1) is 7.99. The van der Waals surface area contributed by atoms with Crippen LogP contribution in [0.1, 0.15) is 24.2 Å². The van der Waals surface area contributed by atoms with E-state index in [1.807, 2.05) is 11.8 Å². The van der Waals surface area contributed by atoms with Gasteiger partial charge in [0, 0.05) is 25.2 Å². The Kier molecular flexibility index (Phi) is 3.98. The normalized spacial score (nSPS) is 25.1. The number of halogens is 2. The summed E-state index contributed by atoms with van der Waals surface area (Å²) in [5.74, 6) is -0.0287. The fraction of sp³-hybridized carbons (Fsp3) is 0.545. The van der Waals surface area contributed by atoms with Crippen LogP contribution in [0.4, 0.5) is 0 Å². The number of hydrogen-bond acceptors (Lipinski definition) is 3. The van der Waals surface area contributed by atoms with Gasteiger partial charge in [0.1, 0.15) is 4.34 Å². The Hall–Kier alpha value is -0.290. The largest absolute Gasteiger partial charge is 0.333 e. The van der Waals surface area contributed by atoms with Gasteiger partial charge >= 0.3 is 0 Å². The van der Waals surface area contributed by atoms with Gasteiger partial charge in [0.15, 0.2) is 0 Å². The molecule has 2 unspecified atom stereocenters. The second-order valence-electron chi connectivity index (χ2n) is 4.35. The average molecular weight is 293 g/mol. The molecule has 1 aliphatic rings. The zero-order chi connectivity index (χ0) is 12.6. The molecular formula is C11H14Cl2N2OS. The van der Waals surface area contributed by atoms with Crippen LogP contribution >= 0.6 is 34.5 Å². The summed E-state index contributed by atoms with van der Waals surface area (Å²) in [5.41, 5.74) is 0.516. The summed E-state index contributed by atoms with van der Waals surface area (Å²) < 4.78 is 1.02. The minimum absolute atomic E-state index is 0.0287. The summed E-state index contributed by atoms with van der Waals surface area (Å²) in [5, 5.41) is 3.34. The summed E-state index contributed by atoms with van der Waals surface area (Å²) in [4.78, 5) is 14.2. The molecule has 0 spiro atoms. The molecule has 1 aromatic rings. The van der Waals surface area contributed by atoms with Crippen LogP contribution in [0.2, 0.25) is 8.67 Å². The van der Waals surface area contributed by atoms with Gasteiger partial charge in [0.2, 0.25) is 0 Å². The van der Waals surface area contributed by atoms with Crippen LogP contribution in [-0.2, 0) is 0 Å². The lowest BCUT2D eigenvalue weighted by molar-refractivity contribution is 0.0617. The lowest BCUT2D eigenvalue weighted by atomic mass is 10.1. The van der Waals surface area contributed by atoms with Crippen molar-refractivity contribution >= 4 is 40.4 Å². The van der Waals surface area contributed by atoms with E-state index in [0.717, 1.165) is 6.54 Å². The van der Waals surface area contributed by atoms with Gasteiger partial charge in [-0.05, 0) is 19.9 Å². The second kappa shape index (κ2) is 5.14. The van der Waals surface area contributed by atoms with Crippen LogP contribution < -0.4 is 5.32 Å². The molecular weight excluding hydrogens is 279 g/mol. The van der Waals surface area contributed by atoms with Gasteiger partial charge in [-0.2, -0.15) is 0 Å². The zero-order valence-corrected chi connectivity index (χ0v) is 12.0. The van der Waals surface area contributed by atoms with Crippen molar-refractivity contribution in [3.8, 4) is 0 Å². The van der Waals surface area contributed by atoms with Gasteiger partial charge in [0.25, 0.3) is 5.91 Å². The van der Waals surface area contributed by atoms with E-state index in [4.69, 9.17) is 23.2 Å². The molecule has 17 heavy (non-hydrogen) atoms. The smallest absolute Gasteiger partial charge is 0.256 e. The quantitative estimate of drug-likeness (QED) is 0.863. The molecule has 0 saturated carbocycles. The molecule has 1 fully saturated rings. The van der Waals surface area contributed by atoms with E-state index in [0.29, 0.717) is 26.8 Å². The fourth-order valence-electron chi connectivity index (χ4n) is 1.95. The van der Waals surface area contributed by atoms with Crippen LogP contribution in [0, 0.1) is 0 Å². The molecule has 1 aliphatic heterocycles. The molecule has 94 valence electrons. The van der Waals surface area contributed by atoms with E-state index >= 15 is 0 Å². The lowest BCUT2D eigenvalue weighted by Crippen LogP contribution is -2.56. The number of nitrogens with zero attached hydrogens (tertiary/aromatic N) is 1. The predicted molar refractivity (Wildman–Crippen MR) is 72.3 cm³/mol. The molecule has 1 amide bonds. The van der Waals surface area contributed by atoms with Crippen molar-refractivity contribution in [3.63, 3.8) is 0 Å². The molecule has 0 aromatic carbocycles. The summed E-state index contributed by atoms with van der Waals surface area (Å²) >= 11 is 13.1. The number of carbonyl (C=O) groups excluding carboxylic acids is 1. The summed E-state index contributed by atoms with van der Waals surface area (Å²) in [6.45, 7) is 5.60. The average Bonchev–Trinajstić information content (AvgIpc) is 2.60. The lowest BCUT2D eigenvalue weighted by Gasteiger charge is -2.37. The third kappa shape index (κ3) is 2.76. The Morgan fingerprint density at radius 2 is 2.24 bits per heavy atom. The topological polar surface area (TPSA) is 32.3 Å². The minimum Gasteiger partial charge on any atom is -0.333 e. The van der Waals surface area contributed by atoms with Crippen molar-refractivity contribution < 1.29 is 4.79 Å². The Morgan fingerprint density at radius 1 is 1.53 bits per heavy atom. The Bertz CT molecular complexity index is 435. The highest BCUT2D eigenvalue weighted by atomic mass is 35.5. The minimum atomic E-state index is -0.0287. The summed E-state index contributed by atoms with van der Waals surface area (Å²) in [6, 6.07) is 2.13. The van der Waals surface area contributed by atoms with E-state index in [1.54, 1.807) is 6.07 Å². The van der Waals surface area contributed by atoms with Gasteiger partial charge in [-0.25, -0.2) is 0 Å². The number of thiophene rings is 1.